The van der Waals surface area contributed by atoms with Crippen LogP contribution in [0.3, 0.4) is 0 Å². The molecule has 0 spiro atoms. The summed E-state index contributed by atoms with van der Waals surface area (Å²) in [5.41, 5.74) is 1.37. The molecule has 5 nitrogen and oxygen atoms in total. The summed E-state index contributed by atoms with van der Waals surface area (Å²) in [6, 6.07) is 6.61. The Hall–Kier alpha value is -2.32. The van der Waals surface area contributed by atoms with Crippen LogP contribution in [0.2, 0.25) is 5.02 Å². The normalized spacial score (nSPS) is 11.2. The van der Waals surface area contributed by atoms with Crippen LogP contribution in [-0.4, -0.2) is 18.0 Å². The maximum absolute atomic E-state index is 12.5. The summed E-state index contributed by atoms with van der Waals surface area (Å²) in [4.78, 5) is 19.7. The highest BCUT2D eigenvalue weighted by Crippen LogP contribution is 2.34. The minimum atomic E-state index is -4.55. The molecule has 0 aliphatic rings. The number of hydrogen-bond acceptors (Lipinski definition) is 4. The van der Waals surface area contributed by atoms with Crippen molar-refractivity contribution in [2.45, 2.75) is 6.18 Å². The zero-order chi connectivity index (χ0) is 17.0. The van der Waals surface area contributed by atoms with Gasteiger partial charge in [0.05, 0.1) is 12.7 Å². The van der Waals surface area contributed by atoms with E-state index in [1.165, 1.54) is 31.4 Å². The number of alkyl halides is 3. The highest BCUT2D eigenvalue weighted by atomic mass is 35.5. The number of ether oxygens (including phenoxy) is 1. The lowest BCUT2D eigenvalue weighted by Gasteiger charge is -2.10. The van der Waals surface area contributed by atoms with E-state index in [-0.39, 0.29) is 22.2 Å². The molecular weight excluding hydrogens is 337 g/mol. The zero-order valence-corrected chi connectivity index (χ0v) is 12.4. The van der Waals surface area contributed by atoms with Gasteiger partial charge >= 0.3 is 6.18 Å². The van der Waals surface area contributed by atoms with Gasteiger partial charge in [0.1, 0.15) is 10.8 Å². The van der Waals surface area contributed by atoms with Crippen molar-refractivity contribution in [2.75, 3.05) is 7.11 Å². The van der Waals surface area contributed by atoms with Gasteiger partial charge in [-0.05, 0) is 24.3 Å². The SMILES string of the molecule is CONC(=O)c1cccc(Oc2ncc(C(F)(F)F)cc2Cl)c1. The molecule has 0 saturated carbocycles. The molecule has 1 aromatic carbocycles. The number of amides is 1. The van der Waals surface area contributed by atoms with E-state index in [0.717, 1.165) is 0 Å². The van der Waals surface area contributed by atoms with Crippen LogP contribution < -0.4 is 10.2 Å². The highest BCUT2D eigenvalue weighted by Gasteiger charge is 2.31. The second-order valence-electron chi connectivity index (χ2n) is 4.27. The van der Waals surface area contributed by atoms with Crippen LogP contribution in [0.4, 0.5) is 13.2 Å². The minimum absolute atomic E-state index is 0.183. The summed E-state index contributed by atoms with van der Waals surface area (Å²) in [6.07, 6.45) is -3.93. The van der Waals surface area contributed by atoms with Gasteiger partial charge in [0, 0.05) is 11.8 Å². The Bertz CT molecular complexity index is 723. The predicted molar refractivity (Wildman–Crippen MR) is 75.2 cm³/mol. The minimum Gasteiger partial charge on any atom is -0.438 e. The number of pyridine rings is 1. The molecule has 2 rings (SSSR count). The smallest absolute Gasteiger partial charge is 0.417 e. The summed E-state index contributed by atoms with van der Waals surface area (Å²) in [6.45, 7) is 0. The first-order chi connectivity index (χ1) is 10.8. The second kappa shape index (κ2) is 6.84. The maximum Gasteiger partial charge on any atom is 0.417 e. The number of hydrogen-bond donors (Lipinski definition) is 1. The molecule has 1 N–H and O–H groups in total. The third kappa shape index (κ3) is 4.33. The molecule has 1 amide bonds. The topological polar surface area (TPSA) is 60.5 Å². The number of carbonyl (C=O) groups is 1. The fourth-order valence-corrected chi connectivity index (χ4v) is 1.82. The van der Waals surface area contributed by atoms with Gasteiger partial charge in [-0.15, -0.1) is 0 Å². The average molecular weight is 347 g/mol. The molecule has 122 valence electrons. The third-order valence-corrected chi connectivity index (χ3v) is 2.91. The molecule has 2 aromatic rings. The van der Waals surface area contributed by atoms with Crippen LogP contribution in [0.15, 0.2) is 36.5 Å². The first-order valence-electron chi connectivity index (χ1n) is 6.15. The monoisotopic (exact) mass is 346 g/mol. The van der Waals surface area contributed by atoms with Gasteiger partial charge in [0.25, 0.3) is 5.91 Å². The van der Waals surface area contributed by atoms with Gasteiger partial charge in [-0.3, -0.25) is 9.63 Å². The van der Waals surface area contributed by atoms with Gasteiger partial charge in [-0.25, -0.2) is 10.5 Å². The van der Waals surface area contributed by atoms with Gasteiger partial charge in [-0.1, -0.05) is 17.7 Å². The Morgan fingerprint density at radius 1 is 1.30 bits per heavy atom. The van der Waals surface area contributed by atoms with E-state index >= 15 is 0 Å². The number of nitrogens with one attached hydrogen (secondary N) is 1. The van der Waals surface area contributed by atoms with E-state index < -0.39 is 17.6 Å². The number of halogens is 4. The average Bonchev–Trinajstić information content (AvgIpc) is 2.49. The number of nitrogens with zero attached hydrogens (tertiary/aromatic N) is 1. The standard InChI is InChI=1S/C14H10ClF3N2O3/c1-22-20-12(21)8-3-2-4-10(5-8)23-13-11(15)6-9(7-19-13)14(16,17)18/h2-7H,1H3,(H,20,21). The van der Waals surface area contributed by atoms with Crippen molar-refractivity contribution < 1.29 is 27.5 Å². The quantitative estimate of drug-likeness (QED) is 0.855. The summed E-state index contributed by atoms with van der Waals surface area (Å²) in [7, 11) is 1.28. The van der Waals surface area contributed by atoms with E-state index in [1.54, 1.807) is 0 Å². The molecule has 23 heavy (non-hydrogen) atoms. The van der Waals surface area contributed by atoms with Crippen molar-refractivity contribution in [3.63, 3.8) is 0 Å². The van der Waals surface area contributed by atoms with E-state index in [2.05, 4.69) is 15.3 Å². The van der Waals surface area contributed by atoms with Crippen molar-refractivity contribution in [3.05, 3.63) is 52.7 Å². The van der Waals surface area contributed by atoms with Gasteiger partial charge in [-0.2, -0.15) is 13.2 Å². The number of aromatic nitrogens is 1. The number of carbonyl (C=O) groups excluding carboxylic acids is 1. The second-order valence-corrected chi connectivity index (χ2v) is 4.68. The zero-order valence-electron chi connectivity index (χ0n) is 11.6. The molecule has 1 heterocycles. The van der Waals surface area contributed by atoms with Crippen molar-refractivity contribution in [2.24, 2.45) is 0 Å². The largest absolute Gasteiger partial charge is 0.438 e. The summed E-state index contributed by atoms with van der Waals surface area (Å²) in [5.74, 6) is -0.531. The van der Waals surface area contributed by atoms with Gasteiger partial charge in [0.15, 0.2) is 0 Å². The Balaban J connectivity index is 2.23. The van der Waals surface area contributed by atoms with Crippen molar-refractivity contribution >= 4 is 17.5 Å². The van der Waals surface area contributed by atoms with Crippen LogP contribution in [0.1, 0.15) is 15.9 Å². The number of rotatable bonds is 4. The van der Waals surface area contributed by atoms with Crippen LogP contribution in [0.25, 0.3) is 0 Å². The van der Waals surface area contributed by atoms with Gasteiger partial charge < -0.3 is 4.74 Å². The molecule has 0 fully saturated rings. The third-order valence-electron chi connectivity index (χ3n) is 2.64. The Morgan fingerprint density at radius 2 is 2.04 bits per heavy atom. The molecule has 1 aromatic heterocycles. The van der Waals surface area contributed by atoms with Crippen molar-refractivity contribution in [3.8, 4) is 11.6 Å². The van der Waals surface area contributed by atoms with Crippen LogP contribution in [0.5, 0.6) is 11.6 Å². The van der Waals surface area contributed by atoms with E-state index in [1.807, 2.05) is 0 Å². The molecule has 0 saturated heterocycles. The van der Waals surface area contributed by atoms with Crippen LogP contribution in [-0.2, 0) is 11.0 Å². The first kappa shape index (κ1) is 17.0. The molecule has 0 atom stereocenters. The fourth-order valence-electron chi connectivity index (χ4n) is 1.62. The van der Waals surface area contributed by atoms with Crippen molar-refractivity contribution in [1.82, 2.24) is 10.5 Å². The Labute approximate surface area is 133 Å². The molecule has 0 unspecified atom stereocenters. The molecule has 0 aliphatic heterocycles. The summed E-state index contributed by atoms with van der Waals surface area (Å²) >= 11 is 5.75. The Morgan fingerprint density at radius 3 is 2.65 bits per heavy atom. The fraction of sp³-hybridized carbons (Fsp3) is 0.143. The number of hydroxylamine groups is 1. The maximum atomic E-state index is 12.5. The molecule has 0 bridgehead atoms. The van der Waals surface area contributed by atoms with E-state index in [0.29, 0.717) is 12.3 Å². The highest BCUT2D eigenvalue weighted by molar-refractivity contribution is 6.31. The lowest BCUT2D eigenvalue weighted by molar-refractivity contribution is -0.137. The molecule has 0 aliphatic carbocycles. The molecule has 0 radical (unpaired) electrons. The van der Waals surface area contributed by atoms with Crippen LogP contribution in [0, 0.1) is 0 Å². The number of benzene rings is 1. The van der Waals surface area contributed by atoms with E-state index in [4.69, 9.17) is 16.3 Å². The molecule has 9 heteroatoms. The van der Waals surface area contributed by atoms with E-state index in [9.17, 15) is 18.0 Å². The summed E-state index contributed by atoms with van der Waals surface area (Å²) < 4.78 is 42.9. The van der Waals surface area contributed by atoms with Gasteiger partial charge in [0.2, 0.25) is 5.88 Å². The lowest BCUT2D eigenvalue weighted by Crippen LogP contribution is -2.21. The summed E-state index contributed by atoms with van der Waals surface area (Å²) in [5, 5.41) is -0.299. The van der Waals surface area contributed by atoms with Crippen molar-refractivity contribution in [1.29, 1.82) is 0 Å². The Kier molecular flexibility index (Phi) is 5.07. The predicted octanol–water partition coefficient (Wildman–Crippen LogP) is 3.84. The lowest BCUT2D eigenvalue weighted by atomic mass is 10.2. The van der Waals surface area contributed by atoms with Crippen LogP contribution >= 0.6 is 11.6 Å². The molecular formula is C14H10ClF3N2O3. The first-order valence-corrected chi connectivity index (χ1v) is 6.53.